The van der Waals surface area contributed by atoms with Crippen LogP contribution in [0.1, 0.15) is 5.89 Å². The Morgan fingerprint density at radius 1 is 1.30 bits per heavy atom. The van der Waals surface area contributed by atoms with Gasteiger partial charge in [-0.25, -0.2) is 0 Å². The summed E-state index contributed by atoms with van der Waals surface area (Å²) in [5.74, 6) is 0.496. The molecule has 0 amide bonds. The molecule has 108 valence electrons. The number of alkyl halides is 3. The van der Waals surface area contributed by atoms with Crippen LogP contribution < -0.4 is 10.1 Å². The van der Waals surface area contributed by atoms with Crippen molar-refractivity contribution in [2.24, 2.45) is 0 Å². The quantitative estimate of drug-likeness (QED) is 0.884. The van der Waals surface area contributed by atoms with Crippen LogP contribution in [0.4, 0.5) is 13.2 Å². The molecule has 2 aromatic rings. The Hall–Kier alpha value is -2.23. The van der Waals surface area contributed by atoms with Crippen molar-refractivity contribution in [3.63, 3.8) is 0 Å². The molecule has 0 saturated carbocycles. The standard InChI is InChI=1S/C10H10F3N5O2/c1-19-7-3-2-6(16-17-7)9-15-8(20-18-9)4-14-5-10(11,12)13/h2-3,14H,4-5H2,1H3. The van der Waals surface area contributed by atoms with Crippen molar-refractivity contribution < 1.29 is 22.4 Å². The van der Waals surface area contributed by atoms with E-state index in [2.05, 4.69) is 25.7 Å². The molecule has 10 heteroatoms. The molecule has 1 N–H and O–H groups in total. The minimum Gasteiger partial charge on any atom is -0.480 e. The van der Waals surface area contributed by atoms with Crippen molar-refractivity contribution in [2.75, 3.05) is 13.7 Å². The number of halogens is 3. The summed E-state index contributed by atoms with van der Waals surface area (Å²) in [6, 6.07) is 3.11. The third-order valence-corrected chi connectivity index (χ3v) is 2.15. The maximum absolute atomic E-state index is 11.9. The van der Waals surface area contributed by atoms with Crippen LogP contribution in [0.15, 0.2) is 16.7 Å². The topological polar surface area (TPSA) is 86.0 Å². The average molecular weight is 289 g/mol. The molecule has 0 fully saturated rings. The van der Waals surface area contributed by atoms with Gasteiger partial charge in [0.25, 0.3) is 0 Å². The summed E-state index contributed by atoms with van der Waals surface area (Å²) < 4.78 is 45.5. The highest BCUT2D eigenvalue weighted by atomic mass is 19.4. The zero-order valence-electron chi connectivity index (χ0n) is 10.3. The molecule has 2 heterocycles. The average Bonchev–Trinajstić information content (AvgIpc) is 2.86. The molecule has 0 aliphatic carbocycles. The summed E-state index contributed by atoms with van der Waals surface area (Å²) in [5.41, 5.74) is 0.330. The molecule has 0 aliphatic heterocycles. The maximum Gasteiger partial charge on any atom is 0.401 e. The van der Waals surface area contributed by atoms with Gasteiger partial charge in [0.2, 0.25) is 17.6 Å². The number of nitrogens with zero attached hydrogens (tertiary/aromatic N) is 4. The van der Waals surface area contributed by atoms with Gasteiger partial charge in [-0.15, -0.1) is 10.2 Å². The highest BCUT2D eigenvalue weighted by Gasteiger charge is 2.26. The Balaban J connectivity index is 1.97. The number of ether oxygens (including phenoxy) is 1. The highest BCUT2D eigenvalue weighted by molar-refractivity contribution is 5.47. The zero-order chi connectivity index (χ0) is 14.6. The molecular formula is C10H10F3N5O2. The molecule has 0 atom stereocenters. The van der Waals surface area contributed by atoms with Crippen LogP contribution in [-0.2, 0) is 6.54 Å². The maximum atomic E-state index is 11.9. The minimum absolute atomic E-state index is 0.0295. The molecule has 0 saturated heterocycles. The van der Waals surface area contributed by atoms with Gasteiger partial charge in [-0.1, -0.05) is 5.16 Å². The molecule has 0 unspecified atom stereocenters. The van der Waals surface area contributed by atoms with E-state index >= 15 is 0 Å². The van der Waals surface area contributed by atoms with Gasteiger partial charge in [0.05, 0.1) is 20.2 Å². The lowest BCUT2D eigenvalue weighted by atomic mass is 10.4. The third-order valence-electron chi connectivity index (χ3n) is 2.15. The van der Waals surface area contributed by atoms with Gasteiger partial charge in [0.15, 0.2) is 0 Å². The summed E-state index contributed by atoms with van der Waals surface area (Å²) in [4.78, 5) is 3.90. The number of hydrogen-bond donors (Lipinski definition) is 1. The zero-order valence-corrected chi connectivity index (χ0v) is 10.3. The summed E-state index contributed by atoms with van der Waals surface area (Å²) >= 11 is 0. The first kappa shape index (κ1) is 14.2. The van der Waals surface area contributed by atoms with E-state index in [-0.39, 0.29) is 18.3 Å². The molecule has 0 aliphatic rings. The van der Waals surface area contributed by atoms with Gasteiger partial charge in [-0.2, -0.15) is 18.2 Å². The number of hydrogen-bond acceptors (Lipinski definition) is 7. The van der Waals surface area contributed by atoms with Crippen LogP contribution >= 0.6 is 0 Å². The highest BCUT2D eigenvalue weighted by Crippen LogP contribution is 2.15. The summed E-state index contributed by atoms with van der Waals surface area (Å²) in [5, 5.41) is 13.3. The summed E-state index contributed by atoms with van der Waals surface area (Å²) in [6.45, 7) is -1.32. The van der Waals surface area contributed by atoms with Crippen LogP contribution in [0.3, 0.4) is 0 Å². The fraction of sp³-hybridized carbons (Fsp3) is 0.400. The van der Waals surface area contributed by atoms with Gasteiger partial charge in [0, 0.05) is 6.07 Å². The Labute approximate surface area is 111 Å². The molecular weight excluding hydrogens is 279 g/mol. The number of aromatic nitrogens is 4. The number of methoxy groups -OCH3 is 1. The molecule has 7 nitrogen and oxygen atoms in total. The Bertz CT molecular complexity index is 555. The lowest BCUT2D eigenvalue weighted by molar-refractivity contribution is -0.125. The number of nitrogens with one attached hydrogen (secondary N) is 1. The third kappa shape index (κ3) is 3.88. The van der Waals surface area contributed by atoms with Crippen molar-refractivity contribution >= 4 is 0 Å². The van der Waals surface area contributed by atoms with Crippen molar-refractivity contribution in [3.8, 4) is 17.4 Å². The van der Waals surface area contributed by atoms with Gasteiger partial charge in [-0.05, 0) is 6.07 Å². The van der Waals surface area contributed by atoms with Gasteiger partial charge < -0.3 is 14.6 Å². The second-order valence-electron chi connectivity index (χ2n) is 3.69. The largest absolute Gasteiger partial charge is 0.480 e. The second kappa shape index (κ2) is 5.82. The van der Waals surface area contributed by atoms with Gasteiger partial charge >= 0.3 is 6.18 Å². The Morgan fingerprint density at radius 3 is 2.70 bits per heavy atom. The molecule has 0 bridgehead atoms. The molecule has 2 rings (SSSR count). The van der Waals surface area contributed by atoms with E-state index in [4.69, 9.17) is 9.26 Å². The molecule has 0 radical (unpaired) electrons. The molecule has 0 spiro atoms. The van der Waals surface area contributed by atoms with E-state index in [1.54, 1.807) is 12.1 Å². The lowest BCUT2D eigenvalue weighted by Gasteiger charge is -2.05. The fourth-order valence-corrected chi connectivity index (χ4v) is 1.29. The van der Waals surface area contributed by atoms with E-state index in [0.29, 0.717) is 11.6 Å². The fourth-order valence-electron chi connectivity index (χ4n) is 1.29. The van der Waals surface area contributed by atoms with Gasteiger partial charge in [-0.3, -0.25) is 0 Å². The van der Waals surface area contributed by atoms with Gasteiger partial charge in [0.1, 0.15) is 5.69 Å². The normalized spacial score (nSPS) is 11.6. The van der Waals surface area contributed by atoms with Crippen LogP contribution in [0.5, 0.6) is 5.88 Å². The lowest BCUT2D eigenvalue weighted by Crippen LogP contribution is -2.28. The van der Waals surface area contributed by atoms with E-state index in [1.165, 1.54) is 7.11 Å². The van der Waals surface area contributed by atoms with Crippen molar-refractivity contribution in [1.29, 1.82) is 0 Å². The molecule has 2 aromatic heterocycles. The molecule has 20 heavy (non-hydrogen) atoms. The first-order chi connectivity index (χ1) is 9.48. The first-order valence-corrected chi connectivity index (χ1v) is 5.46. The SMILES string of the molecule is COc1ccc(-c2noc(CNCC(F)(F)F)n2)nn1. The predicted octanol–water partition coefficient (Wildman–Crippen LogP) is 1.19. The number of rotatable bonds is 5. The molecule has 0 aromatic carbocycles. The van der Waals surface area contributed by atoms with Crippen LogP contribution in [0, 0.1) is 0 Å². The summed E-state index contributed by atoms with van der Waals surface area (Å²) in [6.07, 6.45) is -4.29. The monoisotopic (exact) mass is 289 g/mol. The van der Waals surface area contributed by atoms with Crippen LogP contribution in [-0.4, -0.2) is 40.2 Å². The van der Waals surface area contributed by atoms with E-state index < -0.39 is 12.7 Å². The van der Waals surface area contributed by atoms with Crippen LogP contribution in [0.25, 0.3) is 11.5 Å². The first-order valence-electron chi connectivity index (χ1n) is 5.46. The minimum atomic E-state index is -4.29. The second-order valence-corrected chi connectivity index (χ2v) is 3.69. The van der Waals surface area contributed by atoms with Crippen molar-refractivity contribution in [1.82, 2.24) is 25.7 Å². The smallest absolute Gasteiger partial charge is 0.401 e. The van der Waals surface area contributed by atoms with Crippen molar-refractivity contribution in [3.05, 3.63) is 18.0 Å². The van der Waals surface area contributed by atoms with Crippen molar-refractivity contribution in [2.45, 2.75) is 12.7 Å². The Morgan fingerprint density at radius 2 is 2.10 bits per heavy atom. The summed E-state index contributed by atoms with van der Waals surface area (Å²) in [7, 11) is 1.45. The predicted molar refractivity (Wildman–Crippen MR) is 59.6 cm³/mol. The van der Waals surface area contributed by atoms with Crippen LogP contribution in [0.2, 0.25) is 0 Å². The van der Waals surface area contributed by atoms with E-state index in [9.17, 15) is 13.2 Å². The van der Waals surface area contributed by atoms with E-state index in [1.807, 2.05) is 0 Å². The Kier molecular flexibility index (Phi) is 4.13. The van der Waals surface area contributed by atoms with E-state index in [0.717, 1.165) is 0 Å².